The summed E-state index contributed by atoms with van der Waals surface area (Å²) in [5, 5.41) is 10.1. The van der Waals surface area contributed by atoms with E-state index in [0.717, 1.165) is 31.6 Å². The number of hydrogen-bond acceptors (Lipinski definition) is 5. The number of amides is 1. The topological polar surface area (TPSA) is 73.0 Å². The van der Waals surface area contributed by atoms with Gasteiger partial charge in [-0.05, 0) is 49.9 Å². The van der Waals surface area contributed by atoms with Crippen LogP contribution in [0.15, 0.2) is 24.3 Å². The second-order valence-corrected chi connectivity index (χ2v) is 9.53. The number of hydrogen-bond donors (Lipinski definition) is 2. The molecule has 7 heteroatoms. The van der Waals surface area contributed by atoms with Crippen molar-refractivity contribution in [2.45, 2.75) is 75.5 Å². The van der Waals surface area contributed by atoms with Crippen LogP contribution in [-0.2, 0) is 4.79 Å². The highest BCUT2D eigenvalue weighted by Gasteiger charge is 2.54. The monoisotopic (exact) mass is 432 g/mol. The molecule has 2 aliphatic heterocycles. The van der Waals surface area contributed by atoms with Gasteiger partial charge in [-0.15, -0.1) is 0 Å². The molecule has 6 nitrogen and oxygen atoms in total. The molecule has 1 aromatic carbocycles. The second-order valence-electron chi connectivity index (χ2n) is 9.53. The fraction of sp³-hybridized carbons (Fsp3) is 0.708. The molecule has 1 aliphatic carbocycles. The number of rotatable bonds is 5. The largest absolute Gasteiger partial charge is 0.390 e. The summed E-state index contributed by atoms with van der Waals surface area (Å²) in [6.45, 7) is 2.58. The standard InChI is InChI=1S/C24H37FN4O2/c25-19-8-10-21(11-9-19)29-18-28(17-22(30)16-26)23(31)24(29)12-14-27(15-13-24)20-6-4-2-1-3-5-7-20/h8-11,20,22,30H,1-7,12-18,26H2. The zero-order chi connectivity index (χ0) is 21.8. The Morgan fingerprint density at radius 3 is 2.29 bits per heavy atom. The van der Waals surface area contributed by atoms with Crippen molar-refractivity contribution in [2.24, 2.45) is 5.73 Å². The number of nitrogens with two attached hydrogens (primary N) is 1. The van der Waals surface area contributed by atoms with E-state index in [1.54, 1.807) is 17.0 Å². The molecule has 172 valence electrons. The Balaban J connectivity index is 1.53. The van der Waals surface area contributed by atoms with E-state index in [1.807, 2.05) is 0 Å². The minimum absolute atomic E-state index is 0.0710. The Morgan fingerprint density at radius 2 is 1.68 bits per heavy atom. The Hall–Kier alpha value is -1.70. The normalized spacial score (nSPS) is 24.4. The van der Waals surface area contributed by atoms with Crippen LogP contribution in [0.25, 0.3) is 0 Å². The molecule has 1 spiro atoms. The van der Waals surface area contributed by atoms with Gasteiger partial charge in [0.05, 0.1) is 12.8 Å². The number of aliphatic hydroxyl groups is 1. The van der Waals surface area contributed by atoms with E-state index < -0.39 is 11.6 Å². The van der Waals surface area contributed by atoms with Crippen LogP contribution < -0.4 is 10.6 Å². The first-order valence-electron chi connectivity index (χ1n) is 12.0. The van der Waals surface area contributed by atoms with Crippen LogP contribution in [0.5, 0.6) is 0 Å². The van der Waals surface area contributed by atoms with E-state index in [0.29, 0.717) is 12.7 Å². The SMILES string of the molecule is NCC(O)CN1CN(c2ccc(F)cc2)C2(CCN(C3CCCCCCC3)CC2)C1=O. The molecular formula is C24H37FN4O2. The maximum absolute atomic E-state index is 13.6. The number of likely N-dealkylation sites (tertiary alicyclic amines) is 1. The molecule has 3 N–H and O–H groups in total. The first-order chi connectivity index (χ1) is 15.0. The van der Waals surface area contributed by atoms with Crippen LogP contribution >= 0.6 is 0 Å². The minimum Gasteiger partial charge on any atom is -0.390 e. The van der Waals surface area contributed by atoms with Gasteiger partial charge in [0.2, 0.25) is 5.91 Å². The molecule has 3 aliphatic rings. The summed E-state index contributed by atoms with van der Waals surface area (Å²) in [5.74, 6) is -0.209. The summed E-state index contributed by atoms with van der Waals surface area (Å²) in [6.07, 6.45) is 9.95. The Morgan fingerprint density at radius 1 is 1.06 bits per heavy atom. The van der Waals surface area contributed by atoms with Crippen molar-refractivity contribution >= 4 is 11.6 Å². The van der Waals surface area contributed by atoms with Gasteiger partial charge in [0, 0.05) is 37.9 Å². The summed E-state index contributed by atoms with van der Waals surface area (Å²) in [6, 6.07) is 7.05. The van der Waals surface area contributed by atoms with Crippen LogP contribution in [0, 0.1) is 5.82 Å². The maximum atomic E-state index is 13.6. The number of aliphatic hydroxyl groups excluding tert-OH is 1. The Labute approximate surface area is 185 Å². The van der Waals surface area contributed by atoms with Crippen molar-refractivity contribution in [1.82, 2.24) is 9.80 Å². The van der Waals surface area contributed by atoms with Crippen molar-refractivity contribution in [3.63, 3.8) is 0 Å². The van der Waals surface area contributed by atoms with Crippen molar-refractivity contribution in [1.29, 1.82) is 0 Å². The average Bonchev–Trinajstić information content (AvgIpc) is 3.01. The lowest BCUT2D eigenvalue weighted by Gasteiger charge is -2.46. The van der Waals surface area contributed by atoms with E-state index in [9.17, 15) is 14.3 Å². The molecule has 1 unspecified atom stereocenters. The smallest absolute Gasteiger partial charge is 0.250 e. The maximum Gasteiger partial charge on any atom is 0.250 e. The van der Waals surface area contributed by atoms with Gasteiger partial charge in [0.1, 0.15) is 11.4 Å². The van der Waals surface area contributed by atoms with Gasteiger partial charge in [-0.2, -0.15) is 0 Å². The lowest BCUT2D eigenvalue weighted by atomic mass is 9.83. The molecule has 3 fully saturated rings. The van der Waals surface area contributed by atoms with Crippen molar-refractivity contribution in [3.05, 3.63) is 30.1 Å². The number of halogens is 1. The summed E-state index contributed by atoms with van der Waals surface area (Å²) in [7, 11) is 0. The first-order valence-corrected chi connectivity index (χ1v) is 12.0. The molecule has 0 aromatic heterocycles. The van der Waals surface area contributed by atoms with Crippen LogP contribution in [0.4, 0.5) is 10.1 Å². The summed E-state index contributed by atoms with van der Waals surface area (Å²) < 4.78 is 13.5. The van der Waals surface area contributed by atoms with Gasteiger partial charge < -0.3 is 25.5 Å². The van der Waals surface area contributed by atoms with E-state index in [-0.39, 0.29) is 24.8 Å². The molecule has 1 atom stereocenters. The molecule has 1 saturated carbocycles. The number of piperidine rings is 1. The third-order valence-corrected chi connectivity index (χ3v) is 7.57. The zero-order valence-electron chi connectivity index (χ0n) is 18.5. The predicted octanol–water partition coefficient (Wildman–Crippen LogP) is 2.70. The van der Waals surface area contributed by atoms with Gasteiger partial charge in [-0.1, -0.05) is 32.1 Å². The molecule has 1 aromatic rings. The van der Waals surface area contributed by atoms with Crippen molar-refractivity contribution < 1.29 is 14.3 Å². The Kier molecular flexibility index (Phi) is 7.14. The summed E-state index contributed by atoms with van der Waals surface area (Å²) in [4.78, 5) is 20.1. The fourth-order valence-electron chi connectivity index (χ4n) is 5.74. The van der Waals surface area contributed by atoms with Crippen molar-refractivity contribution in [2.75, 3.05) is 37.7 Å². The lowest BCUT2D eigenvalue weighted by molar-refractivity contribution is -0.135. The van der Waals surface area contributed by atoms with Gasteiger partial charge in [-0.25, -0.2) is 4.39 Å². The first kappa shape index (κ1) is 22.5. The van der Waals surface area contributed by atoms with Crippen LogP contribution in [0.2, 0.25) is 0 Å². The molecule has 0 radical (unpaired) electrons. The molecule has 2 heterocycles. The molecule has 4 rings (SSSR count). The van der Waals surface area contributed by atoms with Gasteiger partial charge >= 0.3 is 0 Å². The third kappa shape index (κ3) is 4.73. The highest BCUT2D eigenvalue weighted by Crippen LogP contribution is 2.40. The molecule has 0 bridgehead atoms. The van der Waals surface area contributed by atoms with E-state index in [2.05, 4.69) is 9.80 Å². The number of anilines is 1. The number of carbonyl (C=O) groups is 1. The summed E-state index contributed by atoms with van der Waals surface area (Å²) >= 11 is 0. The number of benzene rings is 1. The van der Waals surface area contributed by atoms with Crippen LogP contribution in [-0.4, -0.2) is 71.3 Å². The minimum atomic E-state index is -0.732. The van der Waals surface area contributed by atoms with Crippen molar-refractivity contribution in [3.8, 4) is 0 Å². The summed E-state index contributed by atoms with van der Waals surface area (Å²) in [5.41, 5.74) is 5.84. The number of carbonyl (C=O) groups excluding carboxylic acids is 1. The zero-order valence-corrected chi connectivity index (χ0v) is 18.5. The molecule has 2 saturated heterocycles. The number of nitrogens with zero attached hydrogens (tertiary/aromatic N) is 3. The molecular weight excluding hydrogens is 395 g/mol. The molecule has 31 heavy (non-hydrogen) atoms. The van der Waals surface area contributed by atoms with Gasteiger partial charge in [-0.3, -0.25) is 4.79 Å². The third-order valence-electron chi connectivity index (χ3n) is 7.57. The highest BCUT2D eigenvalue weighted by molar-refractivity contribution is 5.93. The quantitative estimate of drug-likeness (QED) is 0.749. The van der Waals surface area contributed by atoms with E-state index >= 15 is 0 Å². The van der Waals surface area contributed by atoms with Crippen LogP contribution in [0.1, 0.15) is 57.8 Å². The average molecular weight is 433 g/mol. The van der Waals surface area contributed by atoms with Gasteiger partial charge in [0.15, 0.2) is 0 Å². The Bertz CT molecular complexity index is 728. The van der Waals surface area contributed by atoms with Crippen LogP contribution in [0.3, 0.4) is 0 Å². The lowest BCUT2D eigenvalue weighted by Crippen LogP contribution is -2.58. The predicted molar refractivity (Wildman–Crippen MR) is 120 cm³/mol. The van der Waals surface area contributed by atoms with E-state index in [4.69, 9.17) is 5.73 Å². The molecule has 1 amide bonds. The fourth-order valence-corrected chi connectivity index (χ4v) is 5.74. The van der Waals surface area contributed by atoms with Gasteiger partial charge in [0.25, 0.3) is 0 Å². The second kappa shape index (κ2) is 9.84. The highest BCUT2D eigenvalue weighted by atomic mass is 19.1. The number of β-amino-alcohol motifs (C(OH)–C–C–N with tert-alkyl or cyclic N) is 1. The van der Waals surface area contributed by atoms with E-state index in [1.165, 1.54) is 57.1 Å².